The molecule has 0 aliphatic rings. The molecule has 1 aromatic carbocycles. The third kappa shape index (κ3) is 4.18. The van der Waals surface area contributed by atoms with E-state index in [-0.39, 0.29) is 22.2 Å². The fourth-order valence-electron chi connectivity index (χ4n) is 1.44. The summed E-state index contributed by atoms with van der Waals surface area (Å²) in [4.78, 5) is 23.6. The van der Waals surface area contributed by atoms with Gasteiger partial charge in [0.2, 0.25) is 0 Å². The highest BCUT2D eigenvalue weighted by molar-refractivity contribution is 6.33. The van der Waals surface area contributed by atoms with Crippen molar-refractivity contribution >= 4 is 23.2 Å². The van der Waals surface area contributed by atoms with Crippen molar-refractivity contribution in [2.75, 3.05) is 26.8 Å². The zero-order valence-corrected chi connectivity index (χ0v) is 11.5. The molecule has 7 heteroatoms. The number of ether oxygens (including phenoxy) is 1. The van der Waals surface area contributed by atoms with E-state index >= 15 is 0 Å². The minimum atomic E-state index is -0.562. The average Bonchev–Trinajstić information content (AvgIpc) is 2.38. The first kappa shape index (κ1) is 15.4. The molecule has 0 aromatic heterocycles. The number of rotatable bonds is 6. The Bertz CT molecular complexity index is 479. The van der Waals surface area contributed by atoms with Crippen LogP contribution in [0.15, 0.2) is 18.2 Å². The van der Waals surface area contributed by atoms with Crippen molar-refractivity contribution < 1.29 is 14.5 Å². The molecular formula is C12H15ClN2O4. The van der Waals surface area contributed by atoms with Crippen LogP contribution in [0.4, 0.5) is 5.69 Å². The third-order valence-corrected chi connectivity index (χ3v) is 2.84. The maximum atomic E-state index is 12.1. The molecular weight excluding hydrogens is 272 g/mol. The molecule has 1 aromatic rings. The fraction of sp³-hybridized carbons (Fsp3) is 0.417. The van der Waals surface area contributed by atoms with Gasteiger partial charge in [-0.3, -0.25) is 14.9 Å². The number of halogens is 1. The van der Waals surface area contributed by atoms with Crippen LogP contribution in [-0.2, 0) is 4.74 Å². The summed E-state index contributed by atoms with van der Waals surface area (Å²) in [5.74, 6) is -0.367. The summed E-state index contributed by atoms with van der Waals surface area (Å²) in [6.07, 6.45) is 0. The molecule has 0 atom stereocenters. The minimum absolute atomic E-state index is 0.120. The van der Waals surface area contributed by atoms with Gasteiger partial charge in [0.25, 0.3) is 11.6 Å². The maximum Gasteiger partial charge on any atom is 0.270 e. The smallest absolute Gasteiger partial charge is 0.270 e. The van der Waals surface area contributed by atoms with E-state index in [2.05, 4.69) is 0 Å². The van der Waals surface area contributed by atoms with E-state index < -0.39 is 4.92 Å². The molecule has 0 fully saturated rings. The molecule has 1 rings (SSSR count). The van der Waals surface area contributed by atoms with E-state index in [1.807, 2.05) is 6.92 Å². The number of hydrogen-bond donors (Lipinski definition) is 0. The molecule has 0 saturated heterocycles. The second-order valence-electron chi connectivity index (χ2n) is 3.84. The average molecular weight is 287 g/mol. The first-order valence-corrected chi connectivity index (χ1v) is 6.12. The van der Waals surface area contributed by atoms with Gasteiger partial charge < -0.3 is 9.64 Å². The summed E-state index contributed by atoms with van der Waals surface area (Å²) in [6.45, 7) is 3.23. The molecule has 0 aliphatic carbocycles. The summed E-state index contributed by atoms with van der Waals surface area (Å²) < 4.78 is 5.15. The van der Waals surface area contributed by atoms with Crippen LogP contribution in [0.2, 0.25) is 5.02 Å². The molecule has 0 bridgehead atoms. The van der Waals surface area contributed by atoms with Crippen molar-refractivity contribution in [3.8, 4) is 0 Å². The molecule has 6 nitrogen and oxygen atoms in total. The zero-order chi connectivity index (χ0) is 14.4. The molecule has 1 amide bonds. The molecule has 0 saturated carbocycles. The van der Waals surface area contributed by atoms with Gasteiger partial charge in [0.15, 0.2) is 0 Å². The molecule has 0 spiro atoms. The predicted octanol–water partition coefficient (Wildman–Crippen LogP) is 2.36. The standard InChI is InChI=1S/C12H15ClN2O4/c1-3-19-7-6-14(2)12(16)10-8-9(15(17)18)4-5-11(10)13/h4-5,8H,3,6-7H2,1-2H3. The first-order valence-electron chi connectivity index (χ1n) is 5.74. The Balaban J connectivity index is 2.86. The van der Waals surface area contributed by atoms with Crippen LogP contribution in [-0.4, -0.2) is 42.5 Å². The van der Waals surface area contributed by atoms with E-state index in [4.69, 9.17) is 16.3 Å². The molecule has 0 unspecified atom stereocenters. The fourth-order valence-corrected chi connectivity index (χ4v) is 1.64. The number of benzene rings is 1. The highest BCUT2D eigenvalue weighted by atomic mass is 35.5. The SMILES string of the molecule is CCOCCN(C)C(=O)c1cc([N+](=O)[O-])ccc1Cl. The second-order valence-corrected chi connectivity index (χ2v) is 4.25. The Morgan fingerprint density at radius 3 is 2.79 bits per heavy atom. The summed E-state index contributed by atoms with van der Waals surface area (Å²) >= 11 is 5.90. The van der Waals surface area contributed by atoms with E-state index in [1.165, 1.54) is 23.1 Å². The number of non-ortho nitro benzene ring substituents is 1. The van der Waals surface area contributed by atoms with Crippen LogP contribution >= 0.6 is 11.6 Å². The largest absolute Gasteiger partial charge is 0.380 e. The first-order chi connectivity index (χ1) is 8.97. The molecule has 0 heterocycles. The second kappa shape index (κ2) is 7.06. The molecule has 19 heavy (non-hydrogen) atoms. The van der Waals surface area contributed by atoms with Gasteiger partial charge in [0.1, 0.15) is 0 Å². The van der Waals surface area contributed by atoms with Crippen LogP contribution in [0.1, 0.15) is 17.3 Å². The molecule has 104 valence electrons. The van der Waals surface area contributed by atoms with Gasteiger partial charge in [-0.2, -0.15) is 0 Å². The minimum Gasteiger partial charge on any atom is -0.380 e. The van der Waals surface area contributed by atoms with E-state index in [0.717, 1.165) is 0 Å². The number of carbonyl (C=O) groups is 1. The van der Waals surface area contributed by atoms with Gasteiger partial charge in [-0.05, 0) is 13.0 Å². The number of nitrogens with zero attached hydrogens (tertiary/aromatic N) is 2. The van der Waals surface area contributed by atoms with Crippen molar-refractivity contribution in [2.24, 2.45) is 0 Å². The maximum absolute atomic E-state index is 12.1. The van der Waals surface area contributed by atoms with Crippen molar-refractivity contribution in [1.29, 1.82) is 0 Å². The number of amides is 1. The van der Waals surface area contributed by atoms with E-state index in [9.17, 15) is 14.9 Å². The quantitative estimate of drug-likeness (QED) is 0.457. The predicted molar refractivity (Wildman–Crippen MR) is 71.6 cm³/mol. The Kier molecular flexibility index (Phi) is 5.72. The van der Waals surface area contributed by atoms with Gasteiger partial charge >= 0.3 is 0 Å². The van der Waals surface area contributed by atoms with Crippen molar-refractivity contribution in [3.05, 3.63) is 38.9 Å². The monoisotopic (exact) mass is 286 g/mol. The lowest BCUT2D eigenvalue weighted by Gasteiger charge is -2.17. The van der Waals surface area contributed by atoms with E-state index in [1.54, 1.807) is 7.05 Å². The van der Waals surface area contributed by atoms with Gasteiger partial charge in [-0.1, -0.05) is 11.6 Å². The van der Waals surface area contributed by atoms with Crippen LogP contribution in [0.5, 0.6) is 0 Å². The number of likely N-dealkylation sites (N-methyl/N-ethyl adjacent to an activating group) is 1. The van der Waals surface area contributed by atoms with Crippen LogP contribution in [0.3, 0.4) is 0 Å². The molecule has 0 aliphatic heterocycles. The van der Waals surface area contributed by atoms with Gasteiger partial charge in [-0.15, -0.1) is 0 Å². The van der Waals surface area contributed by atoms with Crippen LogP contribution < -0.4 is 0 Å². The Hall–Kier alpha value is -1.66. The number of carbonyl (C=O) groups excluding carboxylic acids is 1. The highest BCUT2D eigenvalue weighted by Gasteiger charge is 2.18. The topological polar surface area (TPSA) is 72.7 Å². The number of hydrogen-bond acceptors (Lipinski definition) is 4. The van der Waals surface area contributed by atoms with Gasteiger partial charge in [0, 0.05) is 32.3 Å². The number of nitro benzene ring substituents is 1. The third-order valence-electron chi connectivity index (χ3n) is 2.51. The summed E-state index contributed by atoms with van der Waals surface area (Å²) in [5, 5.41) is 10.9. The highest BCUT2D eigenvalue weighted by Crippen LogP contribution is 2.23. The summed E-state index contributed by atoms with van der Waals surface area (Å²) in [7, 11) is 1.59. The molecule has 0 N–H and O–H groups in total. The Morgan fingerprint density at radius 2 is 2.21 bits per heavy atom. The van der Waals surface area contributed by atoms with Crippen LogP contribution in [0, 0.1) is 10.1 Å². The van der Waals surface area contributed by atoms with Crippen molar-refractivity contribution in [2.45, 2.75) is 6.92 Å². The lowest BCUT2D eigenvalue weighted by molar-refractivity contribution is -0.384. The lowest BCUT2D eigenvalue weighted by atomic mass is 10.2. The van der Waals surface area contributed by atoms with Crippen molar-refractivity contribution in [1.82, 2.24) is 4.90 Å². The van der Waals surface area contributed by atoms with Gasteiger partial charge in [-0.25, -0.2) is 0 Å². The Labute approximate surface area is 116 Å². The van der Waals surface area contributed by atoms with E-state index in [0.29, 0.717) is 19.8 Å². The van der Waals surface area contributed by atoms with Crippen LogP contribution in [0.25, 0.3) is 0 Å². The molecule has 0 radical (unpaired) electrons. The zero-order valence-electron chi connectivity index (χ0n) is 10.8. The summed E-state index contributed by atoms with van der Waals surface area (Å²) in [5.41, 5.74) is -0.0409. The van der Waals surface area contributed by atoms with Crippen molar-refractivity contribution in [3.63, 3.8) is 0 Å². The number of nitro groups is 1. The van der Waals surface area contributed by atoms with Gasteiger partial charge in [0.05, 0.1) is 22.1 Å². The summed E-state index contributed by atoms with van der Waals surface area (Å²) in [6, 6.07) is 3.80. The normalized spacial score (nSPS) is 10.3. The Morgan fingerprint density at radius 1 is 1.53 bits per heavy atom. The lowest BCUT2D eigenvalue weighted by Crippen LogP contribution is -2.30.